The summed E-state index contributed by atoms with van der Waals surface area (Å²) in [5.41, 5.74) is 2.30. The Morgan fingerprint density at radius 3 is 2.95 bits per heavy atom. The molecule has 1 aliphatic heterocycles. The third kappa shape index (κ3) is 1.96. The average molecular weight is 254 g/mol. The first-order chi connectivity index (χ1) is 9.19. The maximum absolute atomic E-state index is 12.2. The lowest BCUT2D eigenvalue weighted by Crippen LogP contribution is -2.49. The van der Waals surface area contributed by atoms with E-state index in [0.717, 1.165) is 23.1 Å². The van der Waals surface area contributed by atoms with Gasteiger partial charge in [0.05, 0.1) is 24.3 Å². The van der Waals surface area contributed by atoms with Crippen LogP contribution in [0.2, 0.25) is 0 Å². The summed E-state index contributed by atoms with van der Waals surface area (Å²) in [6.07, 6.45) is 1.84. The van der Waals surface area contributed by atoms with Crippen molar-refractivity contribution >= 4 is 28.2 Å². The lowest BCUT2D eigenvalue weighted by atomic mass is 10.1. The lowest BCUT2D eigenvalue weighted by molar-refractivity contribution is -0.120. The molecule has 1 amide bonds. The van der Waals surface area contributed by atoms with Crippen molar-refractivity contribution in [2.75, 3.05) is 31.6 Å². The fraction of sp³-hybridized carbons (Fsp3) is 0.286. The van der Waals surface area contributed by atoms with Crippen molar-refractivity contribution in [1.29, 1.82) is 0 Å². The van der Waals surface area contributed by atoms with Crippen molar-refractivity contribution in [1.82, 2.24) is 9.88 Å². The minimum absolute atomic E-state index is 0.0757. The first-order valence-electron chi connectivity index (χ1n) is 6.16. The van der Waals surface area contributed by atoms with Crippen molar-refractivity contribution in [2.45, 2.75) is 0 Å². The summed E-state index contributed by atoms with van der Waals surface area (Å²) in [4.78, 5) is 22.6. The molecule has 2 heterocycles. The minimum atomic E-state index is 0.0757. The molecule has 1 aromatic heterocycles. The van der Waals surface area contributed by atoms with E-state index in [-0.39, 0.29) is 5.91 Å². The number of carbonyl (C=O) groups excluding carboxylic acids is 1. The van der Waals surface area contributed by atoms with Crippen LogP contribution in [0.5, 0.6) is 0 Å². The largest absolute Gasteiger partial charge is 0.360 e. The van der Waals surface area contributed by atoms with Crippen molar-refractivity contribution < 1.29 is 4.79 Å². The number of rotatable bonds is 1. The number of H-pyrrole nitrogens is 1. The monoisotopic (exact) mass is 254 g/mol. The van der Waals surface area contributed by atoms with E-state index in [0.29, 0.717) is 18.8 Å². The summed E-state index contributed by atoms with van der Waals surface area (Å²) >= 11 is 0. The Bertz CT molecular complexity index is 682. The third-order valence-electron chi connectivity index (χ3n) is 3.45. The number of amides is 1. The van der Waals surface area contributed by atoms with Crippen LogP contribution in [0.15, 0.2) is 24.4 Å². The van der Waals surface area contributed by atoms with Crippen LogP contribution in [0, 0.1) is 6.57 Å². The molecule has 1 fully saturated rings. The molecule has 0 saturated carbocycles. The van der Waals surface area contributed by atoms with Crippen LogP contribution in [0.3, 0.4) is 0 Å². The summed E-state index contributed by atoms with van der Waals surface area (Å²) < 4.78 is 0. The molecule has 1 saturated heterocycles. The molecule has 1 aliphatic rings. The summed E-state index contributed by atoms with van der Waals surface area (Å²) in [6, 6.07) is 5.55. The molecular formula is C14H14N4O. The molecule has 0 bridgehead atoms. The van der Waals surface area contributed by atoms with E-state index in [1.165, 1.54) is 0 Å². The van der Waals surface area contributed by atoms with Gasteiger partial charge in [-0.05, 0) is 30.6 Å². The predicted octanol–water partition coefficient (Wildman–Crippen LogP) is 2.00. The first kappa shape index (κ1) is 11.8. The second kappa shape index (κ2) is 4.41. The van der Waals surface area contributed by atoms with Crippen LogP contribution < -0.4 is 4.90 Å². The zero-order valence-corrected chi connectivity index (χ0v) is 10.7. The van der Waals surface area contributed by atoms with E-state index < -0.39 is 0 Å². The second-order valence-electron chi connectivity index (χ2n) is 4.80. The highest BCUT2D eigenvalue weighted by atomic mass is 16.2. The molecule has 0 spiro atoms. The van der Waals surface area contributed by atoms with E-state index in [1.807, 2.05) is 30.3 Å². The van der Waals surface area contributed by atoms with Gasteiger partial charge in [0, 0.05) is 19.3 Å². The number of carbonyl (C=O) groups is 1. The van der Waals surface area contributed by atoms with Crippen molar-refractivity contribution in [3.63, 3.8) is 0 Å². The van der Waals surface area contributed by atoms with Gasteiger partial charge in [0.25, 0.3) is 0 Å². The van der Waals surface area contributed by atoms with Crippen LogP contribution in [0.4, 0.5) is 11.4 Å². The molecule has 1 aromatic carbocycles. The summed E-state index contributed by atoms with van der Waals surface area (Å²) in [6.45, 7) is 9.09. The molecule has 1 N–H and O–H groups in total. The molecule has 0 unspecified atom stereocenters. The van der Waals surface area contributed by atoms with Crippen LogP contribution in [0.1, 0.15) is 0 Å². The SMILES string of the molecule is [C-]#[N+]c1cc(N2CCN(C)CC2=O)c2[nH]ccc2c1. The number of piperazine rings is 1. The summed E-state index contributed by atoms with van der Waals surface area (Å²) in [5.74, 6) is 0.0757. The molecular weight excluding hydrogens is 240 g/mol. The zero-order chi connectivity index (χ0) is 13.4. The fourth-order valence-electron chi connectivity index (χ4n) is 2.46. The van der Waals surface area contributed by atoms with E-state index >= 15 is 0 Å². The maximum Gasteiger partial charge on any atom is 0.241 e. The third-order valence-corrected chi connectivity index (χ3v) is 3.45. The van der Waals surface area contributed by atoms with Crippen molar-refractivity contribution in [2.24, 2.45) is 0 Å². The Morgan fingerprint density at radius 1 is 1.37 bits per heavy atom. The Kier molecular flexibility index (Phi) is 2.73. The lowest BCUT2D eigenvalue weighted by Gasteiger charge is -2.32. The number of nitrogens with zero attached hydrogens (tertiary/aromatic N) is 3. The maximum atomic E-state index is 12.2. The van der Waals surface area contributed by atoms with Gasteiger partial charge in [-0.2, -0.15) is 0 Å². The molecule has 96 valence electrons. The Labute approximate surface area is 111 Å². The molecule has 5 nitrogen and oxygen atoms in total. The quantitative estimate of drug-likeness (QED) is 0.791. The smallest absolute Gasteiger partial charge is 0.241 e. The predicted molar refractivity (Wildman–Crippen MR) is 74.4 cm³/mol. The van der Waals surface area contributed by atoms with Crippen LogP contribution in [-0.2, 0) is 4.79 Å². The topological polar surface area (TPSA) is 43.7 Å². The van der Waals surface area contributed by atoms with Gasteiger partial charge in [-0.25, -0.2) is 4.85 Å². The number of aromatic nitrogens is 1. The van der Waals surface area contributed by atoms with Gasteiger partial charge >= 0.3 is 0 Å². The molecule has 5 heteroatoms. The number of hydrogen-bond acceptors (Lipinski definition) is 2. The van der Waals surface area contributed by atoms with Crippen LogP contribution in [-0.4, -0.2) is 42.5 Å². The minimum Gasteiger partial charge on any atom is -0.360 e. The second-order valence-corrected chi connectivity index (χ2v) is 4.80. The van der Waals surface area contributed by atoms with Gasteiger partial charge in [-0.15, -0.1) is 0 Å². The molecule has 0 radical (unpaired) electrons. The molecule has 2 aromatic rings. The molecule has 19 heavy (non-hydrogen) atoms. The highest BCUT2D eigenvalue weighted by Gasteiger charge is 2.24. The number of nitrogens with one attached hydrogen (secondary N) is 1. The van der Waals surface area contributed by atoms with Crippen molar-refractivity contribution in [3.8, 4) is 0 Å². The zero-order valence-electron chi connectivity index (χ0n) is 10.7. The van der Waals surface area contributed by atoms with Gasteiger partial charge < -0.3 is 9.88 Å². The Morgan fingerprint density at radius 2 is 2.21 bits per heavy atom. The Balaban J connectivity index is 2.11. The average Bonchev–Trinajstić information content (AvgIpc) is 2.86. The normalized spacial score (nSPS) is 16.8. The number of hydrogen-bond donors (Lipinski definition) is 1. The molecule has 0 atom stereocenters. The number of aromatic amines is 1. The van der Waals surface area contributed by atoms with E-state index in [1.54, 1.807) is 11.0 Å². The van der Waals surface area contributed by atoms with Gasteiger partial charge in [0.15, 0.2) is 5.69 Å². The standard InChI is InChI=1S/C14H14N4O/c1-15-11-7-10-3-4-16-14(10)12(8-11)18-6-5-17(2)9-13(18)19/h3-4,7-8,16H,5-6,9H2,2H3. The highest BCUT2D eigenvalue weighted by Crippen LogP contribution is 2.32. The van der Waals surface area contributed by atoms with E-state index in [9.17, 15) is 4.79 Å². The molecule has 0 aliphatic carbocycles. The van der Waals surface area contributed by atoms with E-state index in [2.05, 4.69) is 9.83 Å². The summed E-state index contributed by atoms with van der Waals surface area (Å²) in [5, 5.41) is 0.968. The van der Waals surface area contributed by atoms with Gasteiger partial charge in [-0.3, -0.25) is 9.69 Å². The van der Waals surface area contributed by atoms with E-state index in [4.69, 9.17) is 6.57 Å². The first-order valence-corrected chi connectivity index (χ1v) is 6.16. The van der Waals surface area contributed by atoms with Gasteiger partial charge in [-0.1, -0.05) is 0 Å². The molecule has 3 rings (SSSR count). The highest BCUT2D eigenvalue weighted by molar-refractivity contribution is 6.05. The van der Waals surface area contributed by atoms with Crippen molar-refractivity contribution in [3.05, 3.63) is 35.8 Å². The number of fused-ring (bicyclic) bond motifs is 1. The number of likely N-dealkylation sites (N-methyl/N-ethyl adjacent to an activating group) is 1. The fourth-order valence-corrected chi connectivity index (χ4v) is 2.46. The van der Waals surface area contributed by atoms with Gasteiger partial charge in [0.1, 0.15) is 0 Å². The summed E-state index contributed by atoms with van der Waals surface area (Å²) in [7, 11) is 1.94. The van der Waals surface area contributed by atoms with Crippen LogP contribution >= 0.6 is 0 Å². The Hall–Kier alpha value is -2.32. The van der Waals surface area contributed by atoms with Gasteiger partial charge in [0.2, 0.25) is 5.91 Å². The number of benzene rings is 1. The number of anilines is 1. The van der Waals surface area contributed by atoms with Crippen LogP contribution in [0.25, 0.3) is 15.7 Å².